The molecule has 0 aliphatic carbocycles. The Balaban J connectivity index is 1.76. The molecule has 0 saturated heterocycles. The molecule has 146 valence electrons. The van der Waals surface area contributed by atoms with Gasteiger partial charge < -0.3 is 20.7 Å². The Kier molecular flexibility index (Phi) is 8.35. The smallest absolute Gasteiger partial charge is 0.251 e. The molecule has 0 saturated carbocycles. The lowest BCUT2D eigenvalue weighted by Crippen LogP contribution is -2.29. The average Bonchev–Trinajstić information content (AvgIpc) is 2.66. The fourth-order valence-electron chi connectivity index (χ4n) is 2.41. The summed E-state index contributed by atoms with van der Waals surface area (Å²) < 4.78 is 5.60. The molecule has 0 radical (unpaired) electrons. The molecule has 2 aromatic rings. The number of amides is 1. The number of aryl methyl sites for hydroxylation is 1. The minimum Gasteiger partial charge on any atom is -0.494 e. The molecule has 0 bridgehead atoms. The molecule has 0 unspecified atom stereocenters. The van der Waals surface area contributed by atoms with Gasteiger partial charge >= 0.3 is 0 Å². The van der Waals surface area contributed by atoms with Crippen LogP contribution in [0.1, 0.15) is 42.7 Å². The highest BCUT2D eigenvalue weighted by Crippen LogP contribution is 2.13. The molecule has 1 heterocycles. The first-order valence-corrected chi connectivity index (χ1v) is 9.46. The van der Waals surface area contributed by atoms with E-state index in [1.807, 2.05) is 32.0 Å². The van der Waals surface area contributed by atoms with Crippen LogP contribution in [0.15, 0.2) is 30.3 Å². The van der Waals surface area contributed by atoms with E-state index in [4.69, 9.17) is 4.74 Å². The Morgan fingerprint density at radius 2 is 1.85 bits per heavy atom. The molecule has 7 heteroatoms. The Morgan fingerprint density at radius 3 is 2.56 bits per heavy atom. The first-order chi connectivity index (χ1) is 13.1. The number of aromatic nitrogens is 2. The minimum atomic E-state index is -0.115. The number of hydrogen-bond acceptors (Lipinski definition) is 6. The minimum absolute atomic E-state index is 0.115. The predicted molar refractivity (Wildman–Crippen MR) is 109 cm³/mol. The third-order valence-electron chi connectivity index (χ3n) is 3.79. The Labute approximate surface area is 161 Å². The van der Waals surface area contributed by atoms with E-state index in [0.29, 0.717) is 31.2 Å². The molecule has 0 atom stereocenters. The van der Waals surface area contributed by atoms with E-state index in [1.165, 1.54) is 0 Å². The fourth-order valence-corrected chi connectivity index (χ4v) is 2.41. The number of anilines is 2. The molecule has 1 aromatic heterocycles. The standard InChI is InChI=1S/C20H29N5O2/c1-4-6-13-27-17-9-7-16(8-10-17)19(26)22-11-12-23-20-24-15(3)14-18(25-20)21-5-2/h7-10,14H,4-6,11-13H2,1-3H3,(H,22,26)(H2,21,23,24,25). The summed E-state index contributed by atoms with van der Waals surface area (Å²) in [7, 11) is 0. The van der Waals surface area contributed by atoms with Gasteiger partial charge in [-0.2, -0.15) is 4.98 Å². The second-order valence-corrected chi connectivity index (χ2v) is 6.16. The molecule has 0 aliphatic rings. The van der Waals surface area contributed by atoms with Gasteiger partial charge in [-0.15, -0.1) is 0 Å². The summed E-state index contributed by atoms with van der Waals surface area (Å²) in [5.41, 5.74) is 1.49. The summed E-state index contributed by atoms with van der Waals surface area (Å²) >= 11 is 0. The summed E-state index contributed by atoms with van der Waals surface area (Å²) in [4.78, 5) is 20.9. The van der Waals surface area contributed by atoms with Gasteiger partial charge in [0.1, 0.15) is 11.6 Å². The molecule has 0 spiro atoms. The topological polar surface area (TPSA) is 88.2 Å². The highest BCUT2D eigenvalue weighted by Gasteiger charge is 2.06. The maximum absolute atomic E-state index is 12.2. The van der Waals surface area contributed by atoms with E-state index >= 15 is 0 Å². The first kappa shape index (κ1) is 20.5. The number of nitrogens with zero attached hydrogens (tertiary/aromatic N) is 2. The average molecular weight is 371 g/mol. The summed E-state index contributed by atoms with van der Waals surface area (Å²) in [5, 5.41) is 9.18. The van der Waals surface area contributed by atoms with Gasteiger partial charge in [0.25, 0.3) is 5.91 Å². The van der Waals surface area contributed by atoms with Crippen molar-refractivity contribution in [2.24, 2.45) is 0 Å². The van der Waals surface area contributed by atoms with E-state index in [1.54, 1.807) is 12.1 Å². The van der Waals surface area contributed by atoms with Crippen LogP contribution in [-0.4, -0.2) is 42.1 Å². The molecule has 3 N–H and O–H groups in total. The highest BCUT2D eigenvalue weighted by molar-refractivity contribution is 5.94. The van der Waals surface area contributed by atoms with Crippen LogP contribution >= 0.6 is 0 Å². The first-order valence-electron chi connectivity index (χ1n) is 9.46. The van der Waals surface area contributed by atoms with Gasteiger partial charge in [0, 0.05) is 37.0 Å². The highest BCUT2D eigenvalue weighted by atomic mass is 16.5. The summed E-state index contributed by atoms with van der Waals surface area (Å²) in [6, 6.07) is 9.09. The van der Waals surface area contributed by atoms with Crippen LogP contribution in [0.4, 0.5) is 11.8 Å². The van der Waals surface area contributed by atoms with Crippen molar-refractivity contribution in [1.82, 2.24) is 15.3 Å². The van der Waals surface area contributed by atoms with Crippen LogP contribution in [0.5, 0.6) is 5.75 Å². The van der Waals surface area contributed by atoms with Crippen molar-refractivity contribution in [3.05, 3.63) is 41.6 Å². The third kappa shape index (κ3) is 7.13. The van der Waals surface area contributed by atoms with Gasteiger partial charge in [-0.1, -0.05) is 13.3 Å². The zero-order valence-electron chi connectivity index (χ0n) is 16.3. The van der Waals surface area contributed by atoms with E-state index in [9.17, 15) is 4.79 Å². The number of benzene rings is 1. The second kappa shape index (κ2) is 11.0. The molecular weight excluding hydrogens is 342 g/mol. The quantitative estimate of drug-likeness (QED) is 0.526. The van der Waals surface area contributed by atoms with Crippen molar-refractivity contribution < 1.29 is 9.53 Å². The second-order valence-electron chi connectivity index (χ2n) is 6.16. The Bertz CT molecular complexity index is 719. The van der Waals surface area contributed by atoms with Crippen LogP contribution < -0.4 is 20.7 Å². The fraction of sp³-hybridized carbons (Fsp3) is 0.450. The van der Waals surface area contributed by atoms with Crippen LogP contribution in [0.3, 0.4) is 0 Å². The monoisotopic (exact) mass is 371 g/mol. The normalized spacial score (nSPS) is 10.3. The Hall–Kier alpha value is -2.83. The molecule has 1 amide bonds. The van der Waals surface area contributed by atoms with Gasteiger partial charge in [0.15, 0.2) is 0 Å². The van der Waals surface area contributed by atoms with Crippen molar-refractivity contribution in [1.29, 1.82) is 0 Å². The van der Waals surface area contributed by atoms with Crippen molar-refractivity contribution in [3.63, 3.8) is 0 Å². The summed E-state index contributed by atoms with van der Waals surface area (Å²) in [6.07, 6.45) is 2.12. The van der Waals surface area contributed by atoms with Gasteiger partial charge in [0.2, 0.25) is 5.95 Å². The summed E-state index contributed by atoms with van der Waals surface area (Å²) in [5.74, 6) is 2.01. The van der Waals surface area contributed by atoms with Crippen LogP contribution in [0, 0.1) is 6.92 Å². The van der Waals surface area contributed by atoms with Crippen LogP contribution in [0.2, 0.25) is 0 Å². The summed E-state index contributed by atoms with van der Waals surface area (Å²) in [6.45, 7) is 8.58. The number of unbranched alkanes of at least 4 members (excludes halogenated alkanes) is 1. The van der Waals surface area contributed by atoms with Crippen molar-refractivity contribution in [3.8, 4) is 5.75 Å². The molecule has 7 nitrogen and oxygen atoms in total. The molecule has 27 heavy (non-hydrogen) atoms. The molecular formula is C20H29N5O2. The van der Waals surface area contributed by atoms with Crippen molar-refractivity contribution in [2.75, 3.05) is 36.9 Å². The van der Waals surface area contributed by atoms with Gasteiger partial charge in [-0.05, 0) is 44.5 Å². The lowest BCUT2D eigenvalue weighted by Gasteiger charge is -2.10. The molecule has 0 fully saturated rings. The van der Waals surface area contributed by atoms with Crippen LogP contribution in [0.25, 0.3) is 0 Å². The predicted octanol–water partition coefficient (Wildman–Crippen LogP) is 3.24. The van der Waals surface area contributed by atoms with E-state index in [0.717, 1.165) is 36.6 Å². The van der Waals surface area contributed by atoms with E-state index in [-0.39, 0.29) is 5.91 Å². The molecule has 1 aromatic carbocycles. The SMILES string of the molecule is CCCCOc1ccc(C(=O)NCCNc2nc(C)cc(NCC)n2)cc1. The largest absolute Gasteiger partial charge is 0.494 e. The van der Waals surface area contributed by atoms with Crippen molar-refractivity contribution in [2.45, 2.75) is 33.6 Å². The van der Waals surface area contributed by atoms with Crippen LogP contribution in [-0.2, 0) is 0 Å². The zero-order chi connectivity index (χ0) is 19.5. The van der Waals surface area contributed by atoms with E-state index in [2.05, 4.69) is 32.8 Å². The maximum atomic E-state index is 12.2. The van der Waals surface area contributed by atoms with Gasteiger partial charge in [0.05, 0.1) is 6.61 Å². The number of carbonyl (C=O) groups is 1. The lowest BCUT2D eigenvalue weighted by molar-refractivity contribution is 0.0955. The van der Waals surface area contributed by atoms with Crippen molar-refractivity contribution >= 4 is 17.7 Å². The molecule has 0 aliphatic heterocycles. The molecule has 2 rings (SSSR count). The van der Waals surface area contributed by atoms with Gasteiger partial charge in [-0.25, -0.2) is 4.98 Å². The lowest BCUT2D eigenvalue weighted by atomic mass is 10.2. The number of ether oxygens (including phenoxy) is 1. The van der Waals surface area contributed by atoms with E-state index < -0.39 is 0 Å². The number of nitrogens with one attached hydrogen (secondary N) is 3. The number of hydrogen-bond donors (Lipinski definition) is 3. The number of carbonyl (C=O) groups excluding carboxylic acids is 1. The third-order valence-corrected chi connectivity index (χ3v) is 3.79. The van der Waals surface area contributed by atoms with Gasteiger partial charge in [-0.3, -0.25) is 4.79 Å². The maximum Gasteiger partial charge on any atom is 0.251 e. The number of rotatable bonds is 11. The Morgan fingerprint density at radius 1 is 1.07 bits per heavy atom. The zero-order valence-corrected chi connectivity index (χ0v) is 16.3.